The number of carbonyl (C=O) groups is 2. The molecular weight excluding hydrogens is 453 g/mol. The lowest BCUT2D eigenvalue weighted by molar-refractivity contribution is -0.120. The van der Waals surface area contributed by atoms with Crippen molar-refractivity contribution in [3.63, 3.8) is 0 Å². The standard InChI is InChI=1S/C25H26FN5O2S/c1-15-13-20(34-30-15)27-24(33)22(25(2,3)4)28-23(32)21-18-7-5-6-8-19(18)31(29-21)14-16-9-11-17(26)12-10-16/h5-13,22H,14H2,1-4H3,(H,27,33)(H,28,32)/t22-/m1/s1. The van der Waals surface area contributed by atoms with E-state index in [1.54, 1.807) is 22.9 Å². The third-order valence-corrected chi connectivity index (χ3v) is 6.19. The molecule has 0 aliphatic heterocycles. The van der Waals surface area contributed by atoms with E-state index in [4.69, 9.17) is 0 Å². The molecule has 2 aromatic carbocycles. The van der Waals surface area contributed by atoms with Crippen molar-refractivity contribution in [1.82, 2.24) is 19.5 Å². The van der Waals surface area contributed by atoms with Crippen LogP contribution in [0.25, 0.3) is 10.9 Å². The van der Waals surface area contributed by atoms with Gasteiger partial charge in [-0.3, -0.25) is 14.3 Å². The fourth-order valence-electron chi connectivity index (χ4n) is 3.67. The van der Waals surface area contributed by atoms with Crippen LogP contribution in [0.3, 0.4) is 0 Å². The van der Waals surface area contributed by atoms with Crippen LogP contribution in [0.4, 0.5) is 9.39 Å². The molecule has 34 heavy (non-hydrogen) atoms. The Kier molecular flexibility index (Phi) is 6.47. The first-order valence-electron chi connectivity index (χ1n) is 10.9. The zero-order chi connectivity index (χ0) is 24.5. The molecule has 2 heterocycles. The summed E-state index contributed by atoms with van der Waals surface area (Å²) in [4.78, 5) is 26.4. The molecule has 2 N–H and O–H groups in total. The molecule has 1 atom stereocenters. The normalized spacial score (nSPS) is 12.5. The second kappa shape index (κ2) is 9.34. The minimum Gasteiger partial charge on any atom is -0.338 e. The van der Waals surface area contributed by atoms with E-state index in [-0.39, 0.29) is 17.4 Å². The topological polar surface area (TPSA) is 88.9 Å². The van der Waals surface area contributed by atoms with Crippen molar-refractivity contribution in [1.29, 1.82) is 0 Å². The molecule has 0 saturated carbocycles. The van der Waals surface area contributed by atoms with Crippen LogP contribution < -0.4 is 10.6 Å². The summed E-state index contributed by atoms with van der Waals surface area (Å²) in [6.07, 6.45) is 0. The van der Waals surface area contributed by atoms with Crippen LogP contribution in [-0.2, 0) is 11.3 Å². The van der Waals surface area contributed by atoms with Crippen LogP contribution >= 0.6 is 11.5 Å². The van der Waals surface area contributed by atoms with Gasteiger partial charge in [-0.2, -0.15) is 9.47 Å². The lowest BCUT2D eigenvalue weighted by Crippen LogP contribution is -2.51. The van der Waals surface area contributed by atoms with Gasteiger partial charge in [0.25, 0.3) is 5.91 Å². The number of nitrogens with one attached hydrogen (secondary N) is 2. The number of aryl methyl sites for hydroxylation is 1. The van der Waals surface area contributed by atoms with E-state index in [9.17, 15) is 14.0 Å². The zero-order valence-electron chi connectivity index (χ0n) is 19.4. The van der Waals surface area contributed by atoms with Crippen molar-refractivity contribution in [3.8, 4) is 0 Å². The van der Waals surface area contributed by atoms with Crippen molar-refractivity contribution < 1.29 is 14.0 Å². The van der Waals surface area contributed by atoms with Crippen molar-refractivity contribution in [2.24, 2.45) is 5.41 Å². The number of halogens is 1. The van der Waals surface area contributed by atoms with Gasteiger partial charge in [0.1, 0.15) is 16.9 Å². The third kappa shape index (κ3) is 5.14. The quantitative estimate of drug-likeness (QED) is 0.417. The highest BCUT2D eigenvalue weighted by Gasteiger charge is 2.34. The first-order chi connectivity index (χ1) is 16.1. The molecule has 0 unspecified atom stereocenters. The molecule has 2 aromatic heterocycles. The molecule has 4 rings (SSSR count). The average molecular weight is 480 g/mol. The number of rotatable bonds is 6. The number of hydrogen-bond acceptors (Lipinski definition) is 5. The minimum atomic E-state index is -0.802. The second-order valence-electron chi connectivity index (χ2n) is 9.24. The van der Waals surface area contributed by atoms with Gasteiger partial charge < -0.3 is 10.6 Å². The maximum absolute atomic E-state index is 13.4. The number of fused-ring (bicyclic) bond motifs is 1. The number of para-hydroxylation sites is 1. The Morgan fingerprint density at radius 2 is 1.82 bits per heavy atom. The van der Waals surface area contributed by atoms with Gasteiger partial charge in [0.05, 0.1) is 17.8 Å². The predicted molar refractivity (Wildman–Crippen MR) is 131 cm³/mol. The van der Waals surface area contributed by atoms with Crippen LogP contribution in [0.15, 0.2) is 54.6 Å². The van der Waals surface area contributed by atoms with Gasteiger partial charge in [0.15, 0.2) is 5.69 Å². The van der Waals surface area contributed by atoms with Gasteiger partial charge in [0, 0.05) is 5.39 Å². The molecule has 7 nitrogen and oxygen atoms in total. The maximum atomic E-state index is 13.4. The lowest BCUT2D eigenvalue weighted by Gasteiger charge is -2.29. The molecule has 0 fully saturated rings. The zero-order valence-corrected chi connectivity index (χ0v) is 20.2. The number of aromatic nitrogens is 3. The second-order valence-corrected chi connectivity index (χ2v) is 10.0. The van der Waals surface area contributed by atoms with Gasteiger partial charge in [-0.05, 0) is 53.7 Å². The van der Waals surface area contributed by atoms with Gasteiger partial charge in [0.2, 0.25) is 5.91 Å². The summed E-state index contributed by atoms with van der Waals surface area (Å²) in [5.74, 6) is -1.07. The van der Waals surface area contributed by atoms with Crippen LogP contribution in [0.1, 0.15) is 42.5 Å². The van der Waals surface area contributed by atoms with Crippen molar-refractivity contribution in [2.45, 2.75) is 40.3 Å². The van der Waals surface area contributed by atoms with E-state index in [1.165, 1.54) is 23.7 Å². The summed E-state index contributed by atoms with van der Waals surface area (Å²) in [7, 11) is 0. The number of anilines is 1. The lowest BCUT2D eigenvalue weighted by atomic mass is 9.86. The highest BCUT2D eigenvalue weighted by Crippen LogP contribution is 2.25. The summed E-state index contributed by atoms with van der Waals surface area (Å²) < 4.78 is 19.2. The molecular formula is C25H26FN5O2S. The summed E-state index contributed by atoms with van der Waals surface area (Å²) in [6.45, 7) is 7.90. The van der Waals surface area contributed by atoms with Gasteiger partial charge in [-0.15, -0.1) is 0 Å². The molecule has 0 aliphatic carbocycles. The molecule has 0 saturated heterocycles. The smallest absolute Gasteiger partial charge is 0.273 e. The average Bonchev–Trinajstić information content (AvgIpc) is 3.36. The summed E-state index contributed by atoms with van der Waals surface area (Å²) >= 11 is 1.19. The van der Waals surface area contributed by atoms with E-state index in [0.717, 1.165) is 16.8 Å². The first kappa shape index (κ1) is 23.6. The molecule has 2 amide bonds. The Balaban J connectivity index is 1.61. The molecule has 176 valence electrons. The van der Waals surface area contributed by atoms with Crippen molar-refractivity contribution in [2.75, 3.05) is 5.32 Å². The fraction of sp³-hybridized carbons (Fsp3) is 0.280. The monoisotopic (exact) mass is 479 g/mol. The molecule has 4 aromatic rings. The Morgan fingerprint density at radius 1 is 1.12 bits per heavy atom. The highest BCUT2D eigenvalue weighted by molar-refractivity contribution is 7.10. The highest BCUT2D eigenvalue weighted by atomic mass is 32.1. The van der Waals surface area contributed by atoms with E-state index < -0.39 is 17.4 Å². The Bertz CT molecular complexity index is 1340. The summed E-state index contributed by atoms with van der Waals surface area (Å²) in [5.41, 5.74) is 2.12. The Morgan fingerprint density at radius 3 is 2.47 bits per heavy atom. The van der Waals surface area contributed by atoms with Crippen molar-refractivity contribution >= 4 is 39.3 Å². The van der Waals surface area contributed by atoms with E-state index in [2.05, 4.69) is 20.1 Å². The van der Waals surface area contributed by atoms with Crippen molar-refractivity contribution in [3.05, 3.63) is 77.4 Å². The number of amides is 2. The van der Waals surface area contributed by atoms with Crippen LogP contribution in [0, 0.1) is 18.2 Å². The predicted octanol–water partition coefficient (Wildman–Crippen LogP) is 4.77. The molecule has 0 spiro atoms. The summed E-state index contributed by atoms with van der Waals surface area (Å²) in [6, 6.07) is 14.6. The first-order valence-corrected chi connectivity index (χ1v) is 11.6. The minimum absolute atomic E-state index is 0.230. The maximum Gasteiger partial charge on any atom is 0.273 e. The van der Waals surface area contributed by atoms with Gasteiger partial charge in [-0.1, -0.05) is 51.1 Å². The number of benzene rings is 2. The number of carbonyl (C=O) groups excluding carboxylic acids is 2. The van der Waals surface area contributed by atoms with E-state index >= 15 is 0 Å². The number of hydrogen-bond donors (Lipinski definition) is 2. The Labute approximate surface area is 201 Å². The van der Waals surface area contributed by atoms with Gasteiger partial charge in [-0.25, -0.2) is 4.39 Å². The van der Waals surface area contributed by atoms with Crippen LogP contribution in [0.2, 0.25) is 0 Å². The summed E-state index contributed by atoms with van der Waals surface area (Å²) in [5, 5.41) is 11.6. The molecule has 0 radical (unpaired) electrons. The van der Waals surface area contributed by atoms with Crippen LogP contribution in [-0.4, -0.2) is 32.0 Å². The molecule has 9 heteroatoms. The Hall–Kier alpha value is -3.59. The SMILES string of the molecule is Cc1cc(NC(=O)[C@@H](NC(=O)c2nn(Cc3ccc(F)cc3)c3ccccc23)C(C)(C)C)sn1. The van der Waals surface area contributed by atoms with Gasteiger partial charge >= 0.3 is 0 Å². The number of nitrogens with zero attached hydrogens (tertiary/aromatic N) is 3. The largest absolute Gasteiger partial charge is 0.338 e. The molecule has 0 bridgehead atoms. The van der Waals surface area contributed by atoms with Crippen LogP contribution in [0.5, 0.6) is 0 Å². The molecule has 0 aliphatic rings. The third-order valence-electron chi connectivity index (χ3n) is 5.40. The fourth-order valence-corrected chi connectivity index (χ4v) is 4.33. The van der Waals surface area contributed by atoms with E-state index in [1.807, 2.05) is 52.0 Å². The van der Waals surface area contributed by atoms with E-state index in [0.29, 0.717) is 16.9 Å².